The molecule has 0 saturated heterocycles. The van der Waals surface area contributed by atoms with Crippen LogP contribution in [0.25, 0.3) is 0 Å². The quantitative estimate of drug-likeness (QED) is 0.850. The largest absolute Gasteiger partial charge is 0.314 e. The molecule has 1 saturated carbocycles. The Morgan fingerprint density at radius 2 is 2.20 bits per heavy atom. The standard InChI is InChI=1S/C12H20N2S/c1-10-9-14-12(15-10)7-8-13-11-5-3-2-4-6-11/h9,11,13H,2-8H2,1H3. The van der Waals surface area contributed by atoms with Gasteiger partial charge < -0.3 is 5.32 Å². The zero-order chi connectivity index (χ0) is 10.5. The molecule has 3 heteroatoms. The van der Waals surface area contributed by atoms with E-state index in [2.05, 4.69) is 17.2 Å². The molecule has 2 nitrogen and oxygen atoms in total. The third-order valence-electron chi connectivity index (χ3n) is 3.05. The molecule has 15 heavy (non-hydrogen) atoms. The number of thiazole rings is 1. The Bertz CT molecular complexity index is 290. The number of hydrogen-bond acceptors (Lipinski definition) is 3. The van der Waals surface area contributed by atoms with Crippen molar-refractivity contribution in [1.82, 2.24) is 10.3 Å². The molecule has 0 radical (unpaired) electrons. The molecule has 1 heterocycles. The Kier molecular flexibility index (Phi) is 4.15. The lowest BCUT2D eigenvalue weighted by molar-refractivity contribution is 0.375. The van der Waals surface area contributed by atoms with Crippen molar-refractivity contribution in [3.63, 3.8) is 0 Å². The van der Waals surface area contributed by atoms with Crippen molar-refractivity contribution in [2.75, 3.05) is 6.54 Å². The van der Waals surface area contributed by atoms with Gasteiger partial charge >= 0.3 is 0 Å². The van der Waals surface area contributed by atoms with E-state index in [1.807, 2.05) is 17.5 Å². The van der Waals surface area contributed by atoms with Gasteiger partial charge in [-0.3, -0.25) is 0 Å². The molecule has 1 aliphatic carbocycles. The van der Waals surface area contributed by atoms with E-state index in [1.54, 1.807) is 0 Å². The van der Waals surface area contributed by atoms with Crippen molar-refractivity contribution in [2.24, 2.45) is 0 Å². The van der Waals surface area contributed by atoms with E-state index in [4.69, 9.17) is 0 Å². The Morgan fingerprint density at radius 3 is 2.87 bits per heavy atom. The molecule has 0 bridgehead atoms. The molecule has 1 fully saturated rings. The molecule has 1 aliphatic rings. The van der Waals surface area contributed by atoms with Gasteiger partial charge in [0, 0.05) is 30.1 Å². The first kappa shape index (κ1) is 11.1. The Morgan fingerprint density at radius 1 is 1.40 bits per heavy atom. The van der Waals surface area contributed by atoms with Gasteiger partial charge in [0.2, 0.25) is 0 Å². The Balaban J connectivity index is 1.65. The van der Waals surface area contributed by atoms with Crippen LogP contribution in [-0.2, 0) is 6.42 Å². The second-order valence-corrected chi connectivity index (χ2v) is 5.72. The van der Waals surface area contributed by atoms with Crippen LogP contribution in [0.5, 0.6) is 0 Å². The molecular weight excluding hydrogens is 204 g/mol. The van der Waals surface area contributed by atoms with E-state index < -0.39 is 0 Å². The third-order valence-corrected chi connectivity index (χ3v) is 4.02. The molecular formula is C12H20N2S. The van der Waals surface area contributed by atoms with Crippen LogP contribution >= 0.6 is 11.3 Å². The summed E-state index contributed by atoms with van der Waals surface area (Å²) >= 11 is 1.82. The van der Waals surface area contributed by atoms with Crippen LogP contribution in [0.1, 0.15) is 42.0 Å². The highest BCUT2D eigenvalue weighted by molar-refractivity contribution is 7.11. The fourth-order valence-corrected chi connectivity index (χ4v) is 2.99. The summed E-state index contributed by atoms with van der Waals surface area (Å²) in [6.45, 7) is 3.22. The zero-order valence-corrected chi connectivity index (χ0v) is 10.3. The van der Waals surface area contributed by atoms with Gasteiger partial charge in [-0.15, -0.1) is 11.3 Å². The molecule has 0 aromatic carbocycles. The van der Waals surface area contributed by atoms with Gasteiger partial charge in [0.05, 0.1) is 5.01 Å². The fourth-order valence-electron chi connectivity index (χ4n) is 2.21. The van der Waals surface area contributed by atoms with Crippen LogP contribution in [0.3, 0.4) is 0 Å². The minimum Gasteiger partial charge on any atom is -0.314 e. The Hall–Kier alpha value is -0.410. The summed E-state index contributed by atoms with van der Waals surface area (Å²) in [4.78, 5) is 5.70. The second kappa shape index (κ2) is 5.61. The van der Waals surface area contributed by atoms with Crippen LogP contribution in [0, 0.1) is 6.92 Å². The summed E-state index contributed by atoms with van der Waals surface area (Å²) in [5.41, 5.74) is 0. The van der Waals surface area contributed by atoms with Gasteiger partial charge in [0.25, 0.3) is 0 Å². The van der Waals surface area contributed by atoms with Gasteiger partial charge in [0.1, 0.15) is 0 Å². The number of nitrogens with one attached hydrogen (secondary N) is 1. The van der Waals surface area contributed by atoms with Crippen LogP contribution in [-0.4, -0.2) is 17.6 Å². The highest BCUT2D eigenvalue weighted by Crippen LogP contribution is 2.17. The molecule has 2 rings (SSSR count). The average molecular weight is 224 g/mol. The average Bonchev–Trinajstić information content (AvgIpc) is 2.66. The SMILES string of the molecule is Cc1cnc(CCNC2CCCCC2)s1. The van der Waals surface area contributed by atoms with Gasteiger partial charge in [-0.05, 0) is 19.8 Å². The highest BCUT2D eigenvalue weighted by Gasteiger charge is 2.12. The minimum absolute atomic E-state index is 0.778. The van der Waals surface area contributed by atoms with E-state index in [9.17, 15) is 0 Å². The lowest BCUT2D eigenvalue weighted by Crippen LogP contribution is -2.32. The third kappa shape index (κ3) is 3.58. The summed E-state index contributed by atoms with van der Waals surface area (Å²) in [7, 11) is 0. The number of rotatable bonds is 4. The van der Waals surface area contributed by atoms with Crippen LogP contribution in [0.2, 0.25) is 0 Å². The first-order valence-corrected chi connectivity index (χ1v) is 6.81. The summed E-state index contributed by atoms with van der Waals surface area (Å²) in [5, 5.41) is 4.92. The summed E-state index contributed by atoms with van der Waals surface area (Å²) in [5.74, 6) is 0. The molecule has 0 aliphatic heterocycles. The molecule has 0 unspecified atom stereocenters. The van der Waals surface area contributed by atoms with Crippen molar-refractivity contribution in [1.29, 1.82) is 0 Å². The maximum absolute atomic E-state index is 4.38. The van der Waals surface area contributed by atoms with Crippen molar-refractivity contribution in [3.8, 4) is 0 Å². The van der Waals surface area contributed by atoms with Crippen molar-refractivity contribution in [3.05, 3.63) is 16.1 Å². The molecule has 0 amide bonds. The lowest BCUT2D eigenvalue weighted by atomic mass is 9.95. The van der Waals surface area contributed by atoms with Gasteiger partial charge in [-0.1, -0.05) is 19.3 Å². The van der Waals surface area contributed by atoms with Crippen LogP contribution in [0.4, 0.5) is 0 Å². The molecule has 1 N–H and O–H groups in total. The lowest BCUT2D eigenvalue weighted by Gasteiger charge is -2.22. The van der Waals surface area contributed by atoms with E-state index in [0.29, 0.717) is 0 Å². The predicted octanol–water partition coefficient (Wildman–Crippen LogP) is 2.92. The number of nitrogens with zero attached hydrogens (tertiary/aromatic N) is 1. The molecule has 1 aromatic heterocycles. The molecule has 84 valence electrons. The van der Waals surface area contributed by atoms with E-state index >= 15 is 0 Å². The van der Waals surface area contributed by atoms with Crippen LogP contribution < -0.4 is 5.32 Å². The summed E-state index contributed by atoms with van der Waals surface area (Å²) in [6.07, 6.45) is 10.1. The predicted molar refractivity (Wildman–Crippen MR) is 65.4 cm³/mol. The van der Waals surface area contributed by atoms with Crippen LogP contribution in [0.15, 0.2) is 6.20 Å². The maximum Gasteiger partial charge on any atom is 0.0940 e. The highest BCUT2D eigenvalue weighted by atomic mass is 32.1. The maximum atomic E-state index is 4.38. The minimum atomic E-state index is 0.778. The first-order chi connectivity index (χ1) is 7.34. The zero-order valence-electron chi connectivity index (χ0n) is 9.46. The van der Waals surface area contributed by atoms with Gasteiger partial charge in [0.15, 0.2) is 0 Å². The Labute approximate surface area is 96.1 Å². The van der Waals surface area contributed by atoms with Crippen molar-refractivity contribution in [2.45, 2.75) is 51.5 Å². The van der Waals surface area contributed by atoms with E-state index in [0.717, 1.165) is 19.0 Å². The summed E-state index contributed by atoms with van der Waals surface area (Å²) < 4.78 is 0. The van der Waals surface area contributed by atoms with E-state index in [-0.39, 0.29) is 0 Å². The topological polar surface area (TPSA) is 24.9 Å². The normalized spacial score (nSPS) is 18.2. The van der Waals surface area contributed by atoms with Gasteiger partial charge in [-0.25, -0.2) is 4.98 Å². The first-order valence-electron chi connectivity index (χ1n) is 5.99. The number of hydrogen-bond donors (Lipinski definition) is 1. The second-order valence-electron chi connectivity index (χ2n) is 4.40. The number of aryl methyl sites for hydroxylation is 1. The summed E-state index contributed by atoms with van der Waals surface area (Å²) in [6, 6.07) is 0.778. The fraction of sp³-hybridized carbons (Fsp3) is 0.750. The van der Waals surface area contributed by atoms with E-state index in [1.165, 1.54) is 42.0 Å². The smallest absolute Gasteiger partial charge is 0.0940 e. The number of aromatic nitrogens is 1. The van der Waals surface area contributed by atoms with Crippen molar-refractivity contribution >= 4 is 11.3 Å². The van der Waals surface area contributed by atoms with Crippen molar-refractivity contribution < 1.29 is 0 Å². The molecule has 0 atom stereocenters. The monoisotopic (exact) mass is 224 g/mol. The van der Waals surface area contributed by atoms with Gasteiger partial charge in [-0.2, -0.15) is 0 Å². The molecule has 0 spiro atoms. The molecule has 1 aromatic rings.